The molecule has 0 amide bonds. The number of nitrogens with one attached hydrogen (secondary N) is 1. The number of H-pyrrole nitrogens is 1. The monoisotopic (exact) mass is 387 g/mol. The molecule has 1 aliphatic rings. The molecule has 1 aliphatic carbocycles. The van der Waals surface area contributed by atoms with Gasteiger partial charge in [0.1, 0.15) is 0 Å². The van der Waals surface area contributed by atoms with E-state index in [0.29, 0.717) is 0 Å². The fourth-order valence-corrected chi connectivity index (χ4v) is 4.75. The largest absolute Gasteiger partial charge is 0.361 e. The number of allylic oxidation sites excluding steroid dienone is 1. The van der Waals surface area contributed by atoms with Gasteiger partial charge in [-0.05, 0) is 86.9 Å². The van der Waals surface area contributed by atoms with Crippen molar-refractivity contribution in [3.05, 3.63) is 87.0 Å². The predicted molar refractivity (Wildman–Crippen MR) is 110 cm³/mol. The van der Waals surface area contributed by atoms with E-state index < -0.39 is 0 Å². The first-order valence-corrected chi connectivity index (χ1v) is 9.45. The van der Waals surface area contributed by atoms with E-state index in [9.17, 15) is 0 Å². The number of benzene rings is 2. The van der Waals surface area contributed by atoms with Gasteiger partial charge in [-0.2, -0.15) is 0 Å². The SMILES string of the molecule is Cc1cc2c(Br)c3ccc[nH]c3cc2c1CC1=Cc2ccccc2C1. The van der Waals surface area contributed by atoms with Crippen LogP contribution in [0.5, 0.6) is 0 Å². The molecule has 1 nitrogen and oxygen atoms in total. The molecule has 1 N–H and O–H groups in total. The second kappa shape index (κ2) is 5.60. The Morgan fingerprint density at radius 2 is 1.88 bits per heavy atom. The summed E-state index contributed by atoms with van der Waals surface area (Å²) < 4.78 is 1.19. The van der Waals surface area contributed by atoms with Crippen molar-refractivity contribution >= 4 is 43.7 Å². The van der Waals surface area contributed by atoms with Crippen molar-refractivity contribution in [1.82, 2.24) is 4.98 Å². The van der Waals surface area contributed by atoms with E-state index in [-0.39, 0.29) is 0 Å². The lowest BCUT2D eigenvalue weighted by atomic mass is 10.00. The van der Waals surface area contributed by atoms with Crippen LogP contribution in [0.4, 0.5) is 0 Å². The lowest BCUT2D eigenvalue weighted by molar-refractivity contribution is 1.07. The van der Waals surface area contributed by atoms with Crippen LogP contribution in [0, 0.1) is 6.92 Å². The van der Waals surface area contributed by atoms with Gasteiger partial charge in [0.15, 0.2) is 0 Å². The second-order valence-electron chi connectivity index (χ2n) is 6.94. The maximum atomic E-state index is 3.83. The highest BCUT2D eigenvalue weighted by Crippen LogP contribution is 2.38. The van der Waals surface area contributed by atoms with E-state index in [1.54, 1.807) is 0 Å². The maximum Gasteiger partial charge on any atom is 0.0471 e. The normalized spacial score (nSPS) is 13.4. The third-order valence-electron chi connectivity index (χ3n) is 5.34. The molecule has 4 aromatic rings. The number of halogens is 1. The smallest absolute Gasteiger partial charge is 0.0471 e. The van der Waals surface area contributed by atoms with Crippen LogP contribution in [0.2, 0.25) is 0 Å². The van der Waals surface area contributed by atoms with E-state index in [1.807, 2.05) is 6.20 Å². The number of fused-ring (bicyclic) bond motifs is 3. The Labute approximate surface area is 155 Å². The third kappa shape index (κ3) is 2.36. The van der Waals surface area contributed by atoms with Crippen molar-refractivity contribution in [3.8, 4) is 0 Å². The number of rotatable bonds is 2. The van der Waals surface area contributed by atoms with E-state index in [1.165, 1.54) is 54.0 Å². The molecule has 122 valence electrons. The summed E-state index contributed by atoms with van der Waals surface area (Å²) in [5, 5.41) is 3.91. The van der Waals surface area contributed by atoms with Gasteiger partial charge in [0.2, 0.25) is 0 Å². The van der Waals surface area contributed by atoms with Crippen molar-refractivity contribution < 1.29 is 0 Å². The Balaban J connectivity index is 1.64. The summed E-state index contributed by atoms with van der Waals surface area (Å²) in [4.78, 5) is 3.38. The zero-order valence-electron chi connectivity index (χ0n) is 14.1. The van der Waals surface area contributed by atoms with Crippen LogP contribution in [0.15, 0.2) is 64.8 Å². The second-order valence-corrected chi connectivity index (χ2v) is 7.74. The van der Waals surface area contributed by atoms with Crippen LogP contribution in [0.1, 0.15) is 22.3 Å². The van der Waals surface area contributed by atoms with Crippen molar-refractivity contribution in [2.24, 2.45) is 0 Å². The quantitative estimate of drug-likeness (QED) is 0.400. The first-order valence-electron chi connectivity index (χ1n) is 8.66. The number of aromatic amines is 1. The topological polar surface area (TPSA) is 15.8 Å². The molecular weight excluding hydrogens is 370 g/mol. The van der Waals surface area contributed by atoms with Gasteiger partial charge in [-0.25, -0.2) is 0 Å². The Kier molecular flexibility index (Phi) is 3.36. The van der Waals surface area contributed by atoms with Crippen molar-refractivity contribution in [2.45, 2.75) is 19.8 Å². The van der Waals surface area contributed by atoms with Crippen LogP contribution in [-0.2, 0) is 12.8 Å². The molecule has 0 radical (unpaired) electrons. The number of hydrogen-bond donors (Lipinski definition) is 1. The van der Waals surface area contributed by atoms with Crippen molar-refractivity contribution in [1.29, 1.82) is 0 Å². The third-order valence-corrected chi connectivity index (χ3v) is 6.19. The highest BCUT2D eigenvalue weighted by Gasteiger charge is 2.17. The summed E-state index contributed by atoms with van der Waals surface area (Å²) in [5.74, 6) is 0. The molecule has 1 aromatic heterocycles. The molecule has 0 bridgehead atoms. The average molecular weight is 388 g/mol. The van der Waals surface area contributed by atoms with Crippen LogP contribution in [-0.4, -0.2) is 4.98 Å². The molecule has 0 unspecified atom stereocenters. The maximum absolute atomic E-state index is 3.83. The molecule has 0 aliphatic heterocycles. The molecule has 0 spiro atoms. The lowest BCUT2D eigenvalue weighted by Gasteiger charge is -2.07. The van der Waals surface area contributed by atoms with Crippen LogP contribution in [0.3, 0.4) is 0 Å². The zero-order valence-corrected chi connectivity index (χ0v) is 15.7. The van der Waals surface area contributed by atoms with E-state index in [0.717, 1.165) is 12.8 Å². The summed E-state index contributed by atoms with van der Waals surface area (Å²) >= 11 is 3.83. The number of aryl methyl sites for hydroxylation is 1. The molecule has 3 aromatic carbocycles. The van der Waals surface area contributed by atoms with Crippen molar-refractivity contribution in [2.75, 3.05) is 0 Å². The summed E-state index contributed by atoms with van der Waals surface area (Å²) in [6.07, 6.45) is 6.46. The standard InChI is InChI=1S/C23H18BrN/c1-14-9-21-20(13-22-18(23(21)24)7-4-8-25-22)19(14)12-15-10-16-5-2-3-6-17(16)11-15/h2-10,13,25H,11-12H2,1H3. The fraction of sp³-hybridized carbons (Fsp3) is 0.130. The molecule has 1 heterocycles. The minimum absolute atomic E-state index is 1.02. The molecule has 2 heteroatoms. The Morgan fingerprint density at radius 3 is 2.76 bits per heavy atom. The van der Waals surface area contributed by atoms with Gasteiger partial charge in [-0.3, -0.25) is 0 Å². The van der Waals surface area contributed by atoms with E-state index in [2.05, 4.69) is 82.4 Å². The first-order chi connectivity index (χ1) is 12.2. The van der Waals surface area contributed by atoms with E-state index >= 15 is 0 Å². The molecule has 0 saturated carbocycles. The van der Waals surface area contributed by atoms with Crippen LogP contribution >= 0.6 is 15.9 Å². The first kappa shape index (κ1) is 15.0. The van der Waals surface area contributed by atoms with E-state index in [4.69, 9.17) is 0 Å². The predicted octanol–water partition coefficient (Wildman–Crippen LogP) is 6.57. The molecule has 0 fully saturated rings. The van der Waals surface area contributed by atoms with Crippen molar-refractivity contribution in [3.63, 3.8) is 0 Å². The minimum atomic E-state index is 1.02. The van der Waals surface area contributed by atoms with Gasteiger partial charge >= 0.3 is 0 Å². The number of pyridine rings is 1. The van der Waals surface area contributed by atoms with Gasteiger partial charge in [-0.15, -0.1) is 0 Å². The lowest BCUT2D eigenvalue weighted by Crippen LogP contribution is -1.92. The summed E-state index contributed by atoms with van der Waals surface area (Å²) in [6.45, 7) is 2.23. The minimum Gasteiger partial charge on any atom is -0.361 e. The molecular formula is C23H18BrN. The van der Waals surface area contributed by atoms with Gasteiger partial charge in [0.05, 0.1) is 0 Å². The Hall–Kier alpha value is -2.32. The van der Waals surface area contributed by atoms with Crippen LogP contribution in [0.25, 0.3) is 27.8 Å². The summed E-state index contributed by atoms with van der Waals surface area (Å²) in [5.41, 5.74) is 8.34. The highest BCUT2D eigenvalue weighted by molar-refractivity contribution is 9.10. The Bertz CT molecular complexity index is 1160. The van der Waals surface area contributed by atoms with Gasteiger partial charge in [0, 0.05) is 21.6 Å². The van der Waals surface area contributed by atoms with Gasteiger partial charge < -0.3 is 4.98 Å². The Morgan fingerprint density at radius 1 is 1.00 bits per heavy atom. The van der Waals surface area contributed by atoms with Gasteiger partial charge in [0.25, 0.3) is 0 Å². The van der Waals surface area contributed by atoms with Crippen LogP contribution < -0.4 is 0 Å². The fourth-order valence-electron chi connectivity index (χ4n) is 4.08. The molecule has 5 rings (SSSR count). The molecule has 0 saturated heterocycles. The van der Waals surface area contributed by atoms with Gasteiger partial charge in [-0.1, -0.05) is 42.0 Å². The number of aromatic nitrogens is 1. The summed E-state index contributed by atoms with van der Waals surface area (Å²) in [6, 6.07) is 17.6. The number of hydrogen-bond acceptors (Lipinski definition) is 0. The molecule has 25 heavy (non-hydrogen) atoms. The molecule has 0 atom stereocenters. The zero-order chi connectivity index (χ0) is 17.0. The summed E-state index contributed by atoms with van der Waals surface area (Å²) in [7, 11) is 0. The highest BCUT2D eigenvalue weighted by atomic mass is 79.9. The average Bonchev–Trinajstić information content (AvgIpc) is 3.17.